The summed E-state index contributed by atoms with van der Waals surface area (Å²) < 4.78 is 1.58. The van der Waals surface area contributed by atoms with Gasteiger partial charge in [-0.05, 0) is 36.3 Å². The Morgan fingerprint density at radius 2 is 1.82 bits per heavy atom. The summed E-state index contributed by atoms with van der Waals surface area (Å²) in [5, 5.41) is 6.57. The number of amides is 1. The molecule has 144 valence electrons. The minimum atomic E-state index is -0.0733. The van der Waals surface area contributed by atoms with Gasteiger partial charge in [0.1, 0.15) is 0 Å². The van der Waals surface area contributed by atoms with Crippen LogP contribution in [0.4, 0.5) is 0 Å². The van der Waals surface area contributed by atoms with E-state index in [4.69, 9.17) is 0 Å². The van der Waals surface area contributed by atoms with Crippen LogP contribution in [-0.4, -0.2) is 33.7 Å². The maximum Gasteiger partial charge on any atom is 0.266 e. The highest BCUT2D eigenvalue weighted by atomic mass is 32.1. The maximum atomic E-state index is 12.5. The average Bonchev–Trinajstić information content (AvgIpc) is 3.24. The van der Waals surface area contributed by atoms with E-state index in [9.17, 15) is 9.59 Å². The molecule has 0 N–H and O–H groups in total. The maximum absolute atomic E-state index is 12.5. The third-order valence-electron chi connectivity index (χ3n) is 5.24. The summed E-state index contributed by atoms with van der Waals surface area (Å²) in [6.45, 7) is 2.11. The van der Waals surface area contributed by atoms with Gasteiger partial charge in [0.25, 0.3) is 5.56 Å². The van der Waals surface area contributed by atoms with E-state index in [-0.39, 0.29) is 11.5 Å². The van der Waals surface area contributed by atoms with Gasteiger partial charge in [0, 0.05) is 36.1 Å². The fraction of sp³-hybridized carbons (Fsp3) is 0.318. The van der Waals surface area contributed by atoms with Gasteiger partial charge in [0.2, 0.25) is 5.91 Å². The first-order valence-electron chi connectivity index (χ1n) is 9.63. The number of thiophene rings is 1. The Morgan fingerprint density at radius 3 is 2.54 bits per heavy atom. The number of likely N-dealkylation sites (tertiary alicyclic amines) is 1. The fourth-order valence-electron chi connectivity index (χ4n) is 3.63. The number of hydrogen-bond donors (Lipinski definition) is 0. The lowest BCUT2D eigenvalue weighted by Crippen LogP contribution is -2.40. The van der Waals surface area contributed by atoms with Gasteiger partial charge in [-0.15, -0.1) is 11.3 Å². The smallest absolute Gasteiger partial charge is 0.266 e. The topological polar surface area (TPSA) is 55.2 Å². The second-order valence-corrected chi connectivity index (χ2v) is 8.22. The molecule has 1 amide bonds. The van der Waals surface area contributed by atoms with Crippen molar-refractivity contribution < 1.29 is 4.79 Å². The van der Waals surface area contributed by atoms with E-state index in [2.05, 4.69) is 5.10 Å². The molecular weight excluding hydrogens is 370 g/mol. The molecule has 6 heteroatoms. The molecule has 0 saturated carbocycles. The molecule has 3 heterocycles. The molecule has 4 rings (SSSR count). The minimum Gasteiger partial charge on any atom is -0.342 e. The van der Waals surface area contributed by atoms with Crippen molar-refractivity contribution in [2.45, 2.75) is 25.8 Å². The zero-order chi connectivity index (χ0) is 19.3. The number of aromatic nitrogens is 2. The SMILES string of the molecule is O=C(Cc1cccs1)N1CCC(Cn2nc(-c3ccccc3)ccc2=O)CC1. The molecule has 1 fully saturated rings. The first-order valence-corrected chi connectivity index (χ1v) is 10.5. The van der Waals surface area contributed by atoms with Crippen LogP contribution in [0.25, 0.3) is 11.3 Å². The standard InChI is InChI=1S/C22H23N3O2S/c26-21-9-8-20(18-5-2-1-3-6-18)23-25(21)16-17-10-12-24(13-11-17)22(27)15-19-7-4-14-28-19/h1-9,14,17H,10-13,15-16H2. The largest absolute Gasteiger partial charge is 0.342 e. The van der Waals surface area contributed by atoms with Crippen LogP contribution in [0.2, 0.25) is 0 Å². The predicted octanol–water partition coefficient (Wildman–Crippen LogP) is 3.45. The van der Waals surface area contributed by atoms with Crippen molar-refractivity contribution in [2.24, 2.45) is 5.92 Å². The molecule has 1 aliphatic rings. The highest BCUT2D eigenvalue weighted by Crippen LogP contribution is 2.21. The van der Waals surface area contributed by atoms with Crippen molar-refractivity contribution in [2.75, 3.05) is 13.1 Å². The molecule has 0 bridgehead atoms. The number of piperidine rings is 1. The first-order chi connectivity index (χ1) is 13.7. The molecule has 0 aliphatic carbocycles. The third kappa shape index (κ3) is 4.39. The number of carbonyl (C=O) groups excluding carboxylic acids is 1. The lowest BCUT2D eigenvalue weighted by atomic mass is 9.96. The van der Waals surface area contributed by atoms with E-state index in [1.165, 1.54) is 0 Å². The lowest BCUT2D eigenvalue weighted by molar-refractivity contribution is -0.131. The van der Waals surface area contributed by atoms with Crippen LogP contribution in [0, 0.1) is 5.92 Å². The normalized spacial score (nSPS) is 14.9. The van der Waals surface area contributed by atoms with Crippen molar-refractivity contribution >= 4 is 17.2 Å². The molecule has 1 aliphatic heterocycles. The molecule has 3 aromatic rings. The number of nitrogens with zero attached hydrogens (tertiary/aromatic N) is 3. The van der Waals surface area contributed by atoms with Gasteiger partial charge in [0.05, 0.1) is 12.1 Å². The van der Waals surface area contributed by atoms with E-state index in [0.29, 0.717) is 18.9 Å². The van der Waals surface area contributed by atoms with Gasteiger partial charge < -0.3 is 4.90 Å². The average molecular weight is 394 g/mol. The second kappa shape index (κ2) is 8.52. The Kier molecular flexibility index (Phi) is 5.67. The molecular formula is C22H23N3O2S. The monoisotopic (exact) mass is 393 g/mol. The summed E-state index contributed by atoms with van der Waals surface area (Å²) in [6, 6.07) is 17.2. The summed E-state index contributed by atoms with van der Waals surface area (Å²) in [5.74, 6) is 0.560. The predicted molar refractivity (Wildman–Crippen MR) is 111 cm³/mol. The molecule has 0 spiro atoms. The second-order valence-electron chi connectivity index (χ2n) is 7.19. The van der Waals surface area contributed by atoms with Gasteiger partial charge in [0.15, 0.2) is 0 Å². The molecule has 5 nitrogen and oxygen atoms in total. The van der Waals surface area contributed by atoms with Gasteiger partial charge in [-0.3, -0.25) is 9.59 Å². The molecule has 0 radical (unpaired) electrons. The van der Waals surface area contributed by atoms with Crippen molar-refractivity contribution in [1.29, 1.82) is 0 Å². The van der Waals surface area contributed by atoms with Crippen LogP contribution in [0.5, 0.6) is 0 Å². The molecule has 1 aromatic carbocycles. The Morgan fingerprint density at radius 1 is 1.04 bits per heavy atom. The van der Waals surface area contributed by atoms with E-state index < -0.39 is 0 Å². The van der Waals surface area contributed by atoms with Crippen molar-refractivity contribution in [3.63, 3.8) is 0 Å². The van der Waals surface area contributed by atoms with E-state index in [0.717, 1.165) is 42.1 Å². The number of hydrogen-bond acceptors (Lipinski definition) is 4. The summed E-state index contributed by atoms with van der Waals surface area (Å²) in [7, 11) is 0. The van der Waals surface area contributed by atoms with Crippen LogP contribution >= 0.6 is 11.3 Å². The van der Waals surface area contributed by atoms with Crippen molar-refractivity contribution in [3.8, 4) is 11.3 Å². The highest BCUT2D eigenvalue weighted by Gasteiger charge is 2.23. The Bertz CT molecular complexity index is 975. The van der Waals surface area contributed by atoms with Gasteiger partial charge in [-0.25, -0.2) is 4.68 Å². The minimum absolute atomic E-state index is 0.0733. The van der Waals surface area contributed by atoms with Crippen molar-refractivity contribution in [1.82, 2.24) is 14.7 Å². The number of carbonyl (C=O) groups is 1. The van der Waals surface area contributed by atoms with Gasteiger partial charge >= 0.3 is 0 Å². The summed E-state index contributed by atoms with van der Waals surface area (Å²) in [4.78, 5) is 27.8. The Balaban J connectivity index is 1.37. The zero-order valence-corrected chi connectivity index (χ0v) is 16.5. The number of benzene rings is 1. The third-order valence-corrected chi connectivity index (χ3v) is 6.12. The Labute approximate surface area is 168 Å². The van der Waals surface area contributed by atoms with Crippen LogP contribution in [0.1, 0.15) is 17.7 Å². The van der Waals surface area contributed by atoms with Crippen molar-refractivity contribution in [3.05, 3.63) is 75.2 Å². The summed E-state index contributed by atoms with van der Waals surface area (Å²) >= 11 is 1.62. The first kappa shape index (κ1) is 18.6. The Hall–Kier alpha value is -2.73. The lowest BCUT2D eigenvalue weighted by Gasteiger charge is -2.32. The fourth-order valence-corrected chi connectivity index (χ4v) is 4.32. The number of rotatable bonds is 5. The van der Waals surface area contributed by atoms with Crippen LogP contribution < -0.4 is 5.56 Å². The summed E-state index contributed by atoms with van der Waals surface area (Å²) in [5.41, 5.74) is 1.74. The van der Waals surface area contributed by atoms with Crippen LogP contribution in [0.3, 0.4) is 0 Å². The van der Waals surface area contributed by atoms with E-state index in [1.807, 2.05) is 52.7 Å². The quantitative estimate of drug-likeness (QED) is 0.667. The molecule has 1 saturated heterocycles. The van der Waals surface area contributed by atoms with E-state index >= 15 is 0 Å². The van der Waals surface area contributed by atoms with Gasteiger partial charge in [-0.2, -0.15) is 5.10 Å². The van der Waals surface area contributed by atoms with E-state index in [1.54, 1.807) is 28.2 Å². The van der Waals surface area contributed by atoms with Crippen LogP contribution in [0.15, 0.2) is 64.8 Å². The highest BCUT2D eigenvalue weighted by molar-refractivity contribution is 7.10. The molecule has 2 aromatic heterocycles. The zero-order valence-electron chi connectivity index (χ0n) is 15.7. The van der Waals surface area contributed by atoms with Crippen LogP contribution in [-0.2, 0) is 17.8 Å². The summed E-state index contributed by atoms with van der Waals surface area (Å²) in [6.07, 6.45) is 2.29. The van der Waals surface area contributed by atoms with Gasteiger partial charge in [-0.1, -0.05) is 36.4 Å². The molecule has 0 atom stereocenters. The molecule has 0 unspecified atom stereocenters. The molecule has 28 heavy (non-hydrogen) atoms.